The summed E-state index contributed by atoms with van der Waals surface area (Å²) in [6, 6.07) is 4.19. The first kappa shape index (κ1) is 10.3. The van der Waals surface area contributed by atoms with Gasteiger partial charge in [-0.15, -0.1) is 22.9 Å². The molecule has 0 radical (unpaired) electrons. The van der Waals surface area contributed by atoms with Crippen LogP contribution < -0.4 is 0 Å². The quantitative estimate of drug-likeness (QED) is 0.704. The van der Waals surface area contributed by atoms with E-state index in [-0.39, 0.29) is 0 Å². The molecule has 0 saturated carbocycles. The zero-order valence-corrected chi connectivity index (χ0v) is 9.97. The lowest BCUT2D eigenvalue weighted by Crippen LogP contribution is -1.73. The standard InChI is InChI=1S/C9H10BrClS/c1-7(3-2-6-11)8-4-5-9(10)12-8/h3-5H,2,6H2,1H3/b7-3+. The van der Waals surface area contributed by atoms with E-state index < -0.39 is 0 Å². The molecule has 0 unspecified atom stereocenters. The molecule has 0 nitrogen and oxygen atoms in total. The van der Waals surface area contributed by atoms with Crippen molar-refractivity contribution >= 4 is 44.4 Å². The summed E-state index contributed by atoms with van der Waals surface area (Å²) in [5.41, 5.74) is 1.31. The molecule has 3 heteroatoms. The third kappa shape index (κ3) is 2.92. The minimum Gasteiger partial charge on any atom is -0.129 e. The average molecular weight is 266 g/mol. The van der Waals surface area contributed by atoms with Gasteiger partial charge in [-0.3, -0.25) is 0 Å². The Labute approximate surface area is 90.4 Å². The normalized spacial score (nSPS) is 12.1. The topological polar surface area (TPSA) is 0 Å². The fourth-order valence-corrected chi connectivity index (χ4v) is 2.39. The summed E-state index contributed by atoms with van der Waals surface area (Å²) >= 11 is 10.8. The highest BCUT2D eigenvalue weighted by atomic mass is 79.9. The number of allylic oxidation sites excluding steroid dienone is 2. The van der Waals surface area contributed by atoms with E-state index in [0.29, 0.717) is 5.88 Å². The van der Waals surface area contributed by atoms with Crippen molar-refractivity contribution in [2.24, 2.45) is 0 Å². The average Bonchev–Trinajstić information content (AvgIpc) is 2.47. The van der Waals surface area contributed by atoms with E-state index in [1.54, 1.807) is 11.3 Å². The van der Waals surface area contributed by atoms with Gasteiger partial charge in [-0.25, -0.2) is 0 Å². The molecule has 0 bridgehead atoms. The summed E-state index contributed by atoms with van der Waals surface area (Å²) in [5.74, 6) is 0.698. The van der Waals surface area contributed by atoms with Crippen molar-refractivity contribution in [3.05, 3.63) is 26.9 Å². The van der Waals surface area contributed by atoms with E-state index in [1.165, 1.54) is 14.2 Å². The van der Waals surface area contributed by atoms with E-state index in [9.17, 15) is 0 Å². The minimum atomic E-state index is 0.698. The second-order valence-electron chi connectivity index (χ2n) is 2.47. The lowest BCUT2D eigenvalue weighted by atomic mass is 10.2. The van der Waals surface area contributed by atoms with Crippen molar-refractivity contribution in [2.75, 3.05) is 5.88 Å². The molecular weight excluding hydrogens is 256 g/mol. The predicted octanol–water partition coefficient (Wildman–Crippen LogP) is 4.54. The van der Waals surface area contributed by atoms with Gasteiger partial charge in [0.2, 0.25) is 0 Å². The molecule has 0 amide bonds. The molecule has 1 aromatic rings. The lowest BCUT2D eigenvalue weighted by Gasteiger charge is -1.94. The summed E-state index contributed by atoms with van der Waals surface area (Å²) in [7, 11) is 0. The highest BCUT2D eigenvalue weighted by Crippen LogP contribution is 2.27. The molecule has 12 heavy (non-hydrogen) atoms. The van der Waals surface area contributed by atoms with Crippen LogP contribution in [0.3, 0.4) is 0 Å². The van der Waals surface area contributed by atoms with E-state index >= 15 is 0 Å². The molecule has 1 aromatic heterocycles. The highest BCUT2D eigenvalue weighted by Gasteiger charge is 1.98. The Hall–Kier alpha value is 0.210. The van der Waals surface area contributed by atoms with Crippen LogP contribution in [0.2, 0.25) is 0 Å². The highest BCUT2D eigenvalue weighted by molar-refractivity contribution is 9.11. The summed E-state index contributed by atoms with van der Waals surface area (Å²) in [6.45, 7) is 2.12. The summed E-state index contributed by atoms with van der Waals surface area (Å²) in [6.07, 6.45) is 3.12. The van der Waals surface area contributed by atoms with Gasteiger partial charge in [0.25, 0.3) is 0 Å². The summed E-state index contributed by atoms with van der Waals surface area (Å²) < 4.78 is 1.18. The zero-order valence-electron chi connectivity index (χ0n) is 6.81. The van der Waals surface area contributed by atoms with Crippen LogP contribution in [-0.2, 0) is 0 Å². The van der Waals surface area contributed by atoms with Crippen molar-refractivity contribution in [3.63, 3.8) is 0 Å². The number of halogens is 2. The fraction of sp³-hybridized carbons (Fsp3) is 0.333. The maximum absolute atomic E-state index is 5.59. The Bertz CT molecular complexity index is 278. The third-order valence-corrected chi connectivity index (χ3v) is 3.50. The lowest BCUT2D eigenvalue weighted by molar-refractivity contribution is 1.23. The Kier molecular flexibility index (Phi) is 4.33. The van der Waals surface area contributed by atoms with Crippen LogP contribution in [-0.4, -0.2) is 5.88 Å². The van der Waals surface area contributed by atoms with Crippen molar-refractivity contribution < 1.29 is 0 Å². The molecule has 0 fully saturated rings. The third-order valence-electron chi connectivity index (χ3n) is 1.52. The van der Waals surface area contributed by atoms with E-state index in [1.807, 2.05) is 0 Å². The fourth-order valence-electron chi connectivity index (χ4n) is 0.898. The molecule has 0 aliphatic carbocycles. The molecule has 1 rings (SSSR count). The van der Waals surface area contributed by atoms with Gasteiger partial charge >= 0.3 is 0 Å². The molecule has 0 aromatic carbocycles. The van der Waals surface area contributed by atoms with Crippen LogP contribution in [0.4, 0.5) is 0 Å². The van der Waals surface area contributed by atoms with Gasteiger partial charge in [-0.1, -0.05) is 6.08 Å². The molecule has 0 saturated heterocycles. The van der Waals surface area contributed by atoms with Crippen LogP contribution in [0.1, 0.15) is 18.2 Å². The van der Waals surface area contributed by atoms with Gasteiger partial charge in [-0.2, -0.15) is 0 Å². The van der Waals surface area contributed by atoms with Crippen LogP contribution in [0.15, 0.2) is 22.0 Å². The molecule has 0 aliphatic rings. The first-order valence-electron chi connectivity index (χ1n) is 3.72. The summed E-state index contributed by atoms with van der Waals surface area (Å²) in [5, 5.41) is 0. The second-order valence-corrected chi connectivity index (χ2v) is 5.31. The van der Waals surface area contributed by atoms with Gasteiger partial charge in [-0.05, 0) is 47.0 Å². The molecule has 66 valence electrons. The number of thiophene rings is 1. The first-order chi connectivity index (χ1) is 5.74. The van der Waals surface area contributed by atoms with E-state index in [2.05, 4.69) is 41.1 Å². The molecule has 0 spiro atoms. The van der Waals surface area contributed by atoms with E-state index in [4.69, 9.17) is 11.6 Å². The zero-order chi connectivity index (χ0) is 8.97. The Morgan fingerprint density at radius 1 is 1.67 bits per heavy atom. The number of hydrogen-bond acceptors (Lipinski definition) is 1. The monoisotopic (exact) mass is 264 g/mol. The van der Waals surface area contributed by atoms with Crippen molar-refractivity contribution in [1.29, 1.82) is 0 Å². The molecule has 1 heterocycles. The van der Waals surface area contributed by atoms with Crippen molar-refractivity contribution in [1.82, 2.24) is 0 Å². The van der Waals surface area contributed by atoms with Crippen LogP contribution in [0.25, 0.3) is 5.57 Å². The maximum Gasteiger partial charge on any atom is 0.0704 e. The smallest absolute Gasteiger partial charge is 0.0704 e. The number of rotatable bonds is 3. The minimum absolute atomic E-state index is 0.698. The Morgan fingerprint density at radius 2 is 2.42 bits per heavy atom. The Balaban J connectivity index is 2.70. The summed E-state index contributed by atoms with van der Waals surface area (Å²) in [4.78, 5) is 1.31. The van der Waals surface area contributed by atoms with Gasteiger partial charge in [0.05, 0.1) is 3.79 Å². The SMILES string of the molecule is C/C(=C\CCCl)c1ccc(Br)s1. The second kappa shape index (κ2) is 5.05. The van der Waals surface area contributed by atoms with Gasteiger partial charge in [0.15, 0.2) is 0 Å². The first-order valence-corrected chi connectivity index (χ1v) is 5.87. The van der Waals surface area contributed by atoms with Gasteiger partial charge < -0.3 is 0 Å². The molecular formula is C9H10BrClS. The van der Waals surface area contributed by atoms with Crippen LogP contribution >= 0.6 is 38.9 Å². The molecule has 0 aliphatic heterocycles. The van der Waals surface area contributed by atoms with Crippen molar-refractivity contribution in [2.45, 2.75) is 13.3 Å². The Morgan fingerprint density at radius 3 is 2.92 bits per heavy atom. The van der Waals surface area contributed by atoms with Crippen LogP contribution in [0.5, 0.6) is 0 Å². The van der Waals surface area contributed by atoms with Crippen molar-refractivity contribution in [3.8, 4) is 0 Å². The maximum atomic E-state index is 5.59. The van der Waals surface area contributed by atoms with Gasteiger partial charge in [0, 0.05) is 10.8 Å². The van der Waals surface area contributed by atoms with E-state index in [0.717, 1.165) is 6.42 Å². The number of hydrogen-bond donors (Lipinski definition) is 0. The molecule has 0 N–H and O–H groups in total. The van der Waals surface area contributed by atoms with Crippen LogP contribution in [0, 0.1) is 0 Å². The largest absolute Gasteiger partial charge is 0.129 e. The number of alkyl halides is 1. The van der Waals surface area contributed by atoms with Gasteiger partial charge in [0.1, 0.15) is 0 Å². The predicted molar refractivity (Wildman–Crippen MR) is 61.0 cm³/mol. The molecule has 0 atom stereocenters.